The SMILES string of the molecule is CC(C)(C)Oc1c(C(=O)O)cccc1C(C)(C)C.[Ca+2].[H-].[H-]. The van der Waals surface area contributed by atoms with Crippen LogP contribution in [0.5, 0.6) is 5.75 Å². The normalized spacial score (nSPS) is 11.7. The Morgan fingerprint density at radius 1 is 1.16 bits per heavy atom. The maximum Gasteiger partial charge on any atom is 2.00 e. The molecule has 0 bridgehead atoms. The third kappa shape index (κ3) is 5.33. The van der Waals surface area contributed by atoms with Crippen molar-refractivity contribution in [3.8, 4) is 5.75 Å². The molecule has 1 N–H and O–H groups in total. The molecule has 0 fully saturated rings. The number of para-hydroxylation sites is 1. The first-order valence-electron chi connectivity index (χ1n) is 6.08. The van der Waals surface area contributed by atoms with Crippen LogP contribution in [0.25, 0.3) is 0 Å². The van der Waals surface area contributed by atoms with Gasteiger partial charge in [-0.25, -0.2) is 4.79 Å². The van der Waals surface area contributed by atoms with E-state index in [1.807, 2.05) is 47.6 Å². The molecule has 0 heterocycles. The van der Waals surface area contributed by atoms with E-state index in [0.717, 1.165) is 5.56 Å². The Morgan fingerprint density at radius 2 is 1.68 bits per heavy atom. The summed E-state index contributed by atoms with van der Waals surface area (Å²) in [4.78, 5) is 11.3. The summed E-state index contributed by atoms with van der Waals surface area (Å²) >= 11 is 0. The molecule has 4 heteroatoms. The standard InChI is InChI=1S/C15H22O3.Ca.2H/c1-14(2,3)11-9-7-8-10(13(16)17)12(11)18-15(4,5)6;;;/h7-9H,1-6H3,(H,16,17);;;/q;+2;2*-1. The van der Waals surface area contributed by atoms with Crippen LogP contribution >= 0.6 is 0 Å². The molecule has 1 aromatic rings. The Morgan fingerprint density at radius 3 is 2.05 bits per heavy atom. The number of carbonyl (C=O) groups is 1. The van der Waals surface area contributed by atoms with E-state index in [9.17, 15) is 9.90 Å². The van der Waals surface area contributed by atoms with Gasteiger partial charge in [-0.2, -0.15) is 0 Å². The summed E-state index contributed by atoms with van der Waals surface area (Å²) in [5.74, 6) is -0.481. The Labute approximate surface area is 148 Å². The van der Waals surface area contributed by atoms with Gasteiger partial charge in [-0.3, -0.25) is 0 Å². The molecular weight excluding hydrogens is 268 g/mol. The maximum absolute atomic E-state index is 11.3. The number of carboxylic acid groups (broad SMARTS) is 1. The second kappa shape index (κ2) is 6.47. The van der Waals surface area contributed by atoms with Gasteiger partial charge in [0.05, 0.1) is 0 Å². The first kappa shape index (κ1) is 18.7. The number of hydrogen-bond donors (Lipinski definition) is 1. The molecular formula is C15H24CaO3. The molecule has 1 aromatic carbocycles. The summed E-state index contributed by atoms with van der Waals surface area (Å²) < 4.78 is 5.87. The fourth-order valence-electron chi connectivity index (χ4n) is 1.71. The van der Waals surface area contributed by atoms with E-state index in [4.69, 9.17) is 4.74 Å². The molecule has 0 atom stereocenters. The monoisotopic (exact) mass is 292 g/mol. The van der Waals surface area contributed by atoms with Gasteiger partial charge in [0.15, 0.2) is 0 Å². The van der Waals surface area contributed by atoms with Crippen LogP contribution in [-0.2, 0) is 5.41 Å². The zero-order valence-electron chi connectivity index (χ0n) is 14.7. The number of aromatic carboxylic acids is 1. The van der Waals surface area contributed by atoms with Gasteiger partial charge in [0.25, 0.3) is 0 Å². The van der Waals surface area contributed by atoms with Crippen molar-refractivity contribution in [2.45, 2.75) is 52.6 Å². The number of hydrogen-bond acceptors (Lipinski definition) is 2. The minimum Gasteiger partial charge on any atom is -1.00 e. The van der Waals surface area contributed by atoms with Crippen LogP contribution in [0.15, 0.2) is 18.2 Å². The van der Waals surface area contributed by atoms with E-state index in [0.29, 0.717) is 5.75 Å². The molecule has 1 rings (SSSR count). The minimum absolute atomic E-state index is 0. The molecule has 0 aliphatic carbocycles. The molecule has 0 aromatic heterocycles. The van der Waals surface area contributed by atoms with Crippen LogP contribution in [0.4, 0.5) is 0 Å². The Kier molecular flexibility index (Phi) is 6.38. The van der Waals surface area contributed by atoms with E-state index < -0.39 is 11.6 Å². The molecule has 0 saturated carbocycles. The molecule has 0 spiro atoms. The molecule has 0 amide bonds. The van der Waals surface area contributed by atoms with Crippen LogP contribution in [0, 0.1) is 0 Å². The van der Waals surface area contributed by atoms with Gasteiger partial charge < -0.3 is 12.7 Å². The molecule has 0 saturated heterocycles. The smallest absolute Gasteiger partial charge is 1.00 e. The summed E-state index contributed by atoms with van der Waals surface area (Å²) in [6, 6.07) is 5.27. The Balaban J connectivity index is -0.00000108. The van der Waals surface area contributed by atoms with Crippen molar-refractivity contribution < 1.29 is 17.5 Å². The van der Waals surface area contributed by atoms with Gasteiger partial charge in [0.1, 0.15) is 16.9 Å². The Hall–Kier alpha value is -0.250. The maximum atomic E-state index is 11.3. The van der Waals surface area contributed by atoms with Crippen LogP contribution in [-0.4, -0.2) is 54.4 Å². The van der Waals surface area contributed by atoms with E-state index >= 15 is 0 Å². The van der Waals surface area contributed by atoms with Gasteiger partial charge in [0.2, 0.25) is 0 Å². The average Bonchev–Trinajstić information content (AvgIpc) is 2.13. The fraction of sp³-hybridized carbons (Fsp3) is 0.533. The molecule has 104 valence electrons. The average molecular weight is 292 g/mol. The van der Waals surface area contributed by atoms with Crippen molar-refractivity contribution in [1.82, 2.24) is 0 Å². The van der Waals surface area contributed by atoms with Gasteiger partial charge in [-0.05, 0) is 32.3 Å². The van der Waals surface area contributed by atoms with Crippen molar-refractivity contribution in [2.75, 3.05) is 0 Å². The van der Waals surface area contributed by atoms with Gasteiger partial charge in [-0.15, -0.1) is 0 Å². The Bertz CT molecular complexity index is 463. The number of rotatable bonds is 2. The zero-order chi connectivity index (χ0) is 14.1. The van der Waals surface area contributed by atoms with E-state index in [1.165, 1.54) is 0 Å². The third-order valence-corrected chi connectivity index (χ3v) is 2.46. The summed E-state index contributed by atoms with van der Waals surface area (Å²) in [7, 11) is 0. The molecule has 3 nitrogen and oxygen atoms in total. The van der Waals surface area contributed by atoms with Gasteiger partial charge in [0, 0.05) is 5.56 Å². The first-order chi connectivity index (χ1) is 8.02. The molecule has 0 aliphatic rings. The van der Waals surface area contributed by atoms with E-state index in [1.54, 1.807) is 12.1 Å². The second-order valence-corrected chi connectivity index (χ2v) is 6.45. The quantitative estimate of drug-likeness (QED) is 0.845. The van der Waals surface area contributed by atoms with E-state index in [2.05, 4.69) is 0 Å². The zero-order valence-corrected chi connectivity index (χ0v) is 14.9. The second-order valence-electron chi connectivity index (χ2n) is 6.45. The van der Waals surface area contributed by atoms with Crippen LogP contribution in [0.3, 0.4) is 0 Å². The number of ether oxygens (including phenoxy) is 1. The molecule has 0 aliphatic heterocycles. The van der Waals surface area contributed by atoms with Gasteiger partial charge >= 0.3 is 43.7 Å². The van der Waals surface area contributed by atoms with Crippen molar-refractivity contribution in [1.29, 1.82) is 0 Å². The fourth-order valence-corrected chi connectivity index (χ4v) is 1.71. The number of carboxylic acids is 1. The van der Waals surface area contributed by atoms with Crippen LogP contribution < -0.4 is 4.74 Å². The molecule has 0 unspecified atom stereocenters. The topological polar surface area (TPSA) is 46.5 Å². The number of benzene rings is 1. The van der Waals surface area contributed by atoms with E-state index in [-0.39, 0.29) is 51.6 Å². The summed E-state index contributed by atoms with van der Waals surface area (Å²) in [5, 5.41) is 9.27. The van der Waals surface area contributed by atoms with Crippen molar-refractivity contribution in [3.05, 3.63) is 29.3 Å². The van der Waals surface area contributed by atoms with Crippen LogP contribution in [0.1, 0.15) is 60.3 Å². The predicted octanol–water partition coefficient (Wildman–Crippen LogP) is 3.70. The van der Waals surface area contributed by atoms with Crippen molar-refractivity contribution >= 4 is 43.7 Å². The van der Waals surface area contributed by atoms with Crippen molar-refractivity contribution in [2.24, 2.45) is 0 Å². The third-order valence-electron chi connectivity index (χ3n) is 2.46. The molecule has 0 radical (unpaired) electrons. The van der Waals surface area contributed by atoms with Crippen LogP contribution in [0.2, 0.25) is 0 Å². The van der Waals surface area contributed by atoms with Crippen molar-refractivity contribution in [3.63, 3.8) is 0 Å². The predicted molar refractivity (Wildman–Crippen MR) is 80.5 cm³/mol. The minimum atomic E-state index is -0.958. The first-order valence-corrected chi connectivity index (χ1v) is 6.08. The summed E-state index contributed by atoms with van der Waals surface area (Å²) in [6.45, 7) is 11.9. The summed E-state index contributed by atoms with van der Waals surface area (Å²) in [6.07, 6.45) is 0. The molecule has 19 heavy (non-hydrogen) atoms. The van der Waals surface area contributed by atoms with Gasteiger partial charge in [-0.1, -0.05) is 32.9 Å². The summed E-state index contributed by atoms with van der Waals surface area (Å²) in [5.41, 5.74) is 0.548. The largest absolute Gasteiger partial charge is 2.00 e.